The van der Waals surface area contributed by atoms with Gasteiger partial charge in [0, 0.05) is 36.9 Å². The second kappa shape index (κ2) is 6.53. The van der Waals surface area contributed by atoms with E-state index in [1.165, 1.54) is 6.07 Å². The van der Waals surface area contributed by atoms with Crippen molar-refractivity contribution in [2.45, 2.75) is 13.0 Å². The lowest BCUT2D eigenvalue weighted by atomic mass is 10.4. The van der Waals surface area contributed by atoms with E-state index in [2.05, 4.69) is 0 Å². The smallest absolute Gasteiger partial charge is 0.250 e. The largest absolute Gasteiger partial charge is 0.398 e. The summed E-state index contributed by atoms with van der Waals surface area (Å²) in [6.45, 7) is 0.894. The van der Waals surface area contributed by atoms with Crippen LogP contribution in [-0.2, 0) is 6.54 Å². The van der Waals surface area contributed by atoms with E-state index in [1.807, 2.05) is 0 Å². The van der Waals surface area contributed by atoms with E-state index >= 15 is 0 Å². The Balaban J connectivity index is 2.37. The lowest BCUT2D eigenvalue weighted by molar-refractivity contribution is 0.296. The zero-order valence-corrected chi connectivity index (χ0v) is 9.37. The third-order valence-corrected chi connectivity index (χ3v) is 2.98. The van der Waals surface area contributed by atoms with Crippen LogP contribution in [0.2, 0.25) is 0 Å². The van der Waals surface area contributed by atoms with Crippen molar-refractivity contribution in [2.24, 2.45) is 0 Å². The van der Waals surface area contributed by atoms with Gasteiger partial charge in [0.25, 0.3) is 5.56 Å². The number of nitrogens with two attached hydrogens (primary N) is 1. The average Bonchev–Trinajstić information content (AvgIpc) is 2.23. The molecule has 0 radical (unpaired) electrons. The van der Waals surface area contributed by atoms with Crippen molar-refractivity contribution in [1.82, 2.24) is 4.57 Å². The van der Waals surface area contributed by atoms with Crippen LogP contribution in [0, 0.1) is 0 Å². The van der Waals surface area contributed by atoms with Crippen LogP contribution in [0.5, 0.6) is 0 Å². The van der Waals surface area contributed by atoms with E-state index in [-0.39, 0.29) is 12.2 Å². The molecule has 0 spiro atoms. The summed E-state index contributed by atoms with van der Waals surface area (Å²) >= 11 is 1.73. The number of anilines is 1. The van der Waals surface area contributed by atoms with Crippen molar-refractivity contribution in [3.63, 3.8) is 0 Å². The van der Waals surface area contributed by atoms with Crippen molar-refractivity contribution in [1.29, 1.82) is 0 Å². The molecule has 5 heteroatoms. The Kier molecular flexibility index (Phi) is 5.28. The maximum absolute atomic E-state index is 11.3. The molecule has 0 saturated heterocycles. The molecule has 0 atom stereocenters. The molecule has 0 saturated carbocycles. The molecule has 0 aliphatic heterocycles. The number of aromatic nitrogens is 1. The zero-order chi connectivity index (χ0) is 11.1. The Bertz CT molecular complexity index is 352. The van der Waals surface area contributed by atoms with Crippen LogP contribution >= 0.6 is 11.8 Å². The standard InChI is InChI=1S/C10H16N2O2S/c11-9-2-3-10(14)12(8-9)4-7-15-6-1-5-13/h2-3,8,13H,1,4-7,11H2. The molecule has 1 rings (SSSR count). The number of nitrogen functional groups attached to an aromatic ring is 1. The quantitative estimate of drug-likeness (QED) is 0.698. The predicted molar refractivity (Wildman–Crippen MR) is 64.1 cm³/mol. The Labute approximate surface area is 93.1 Å². The Morgan fingerprint density at radius 2 is 2.20 bits per heavy atom. The number of aliphatic hydroxyl groups excluding tert-OH is 1. The molecule has 1 heterocycles. The SMILES string of the molecule is Nc1ccc(=O)n(CCSCCCO)c1. The molecule has 1 aromatic rings. The second-order valence-electron chi connectivity index (χ2n) is 3.18. The normalized spacial score (nSPS) is 10.5. The first-order valence-electron chi connectivity index (χ1n) is 4.88. The number of nitrogens with zero attached hydrogens (tertiary/aromatic N) is 1. The van der Waals surface area contributed by atoms with Gasteiger partial charge in [-0.25, -0.2) is 0 Å². The van der Waals surface area contributed by atoms with Crippen LogP contribution in [0.15, 0.2) is 23.1 Å². The molecule has 0 unspecified atom stereocenters. The van der Waals surface area contributed by atoms with Gasteiger partial charge in [0.05, 0.1) is 0 Å². The summed E-state index contributed by atoms with van der Waals surface area (Å²) in [6.07, 6.45) is 2.46. The van der Waals surface area contributed by atoms with Gasteiger partial charge >= 0.3 is 0 Å². The van der Waals surface area contributed by atoms with Gasteiger partial charge in [-0.3, -0.25) is 4.79 Å². The number of aryl methyl sites for hydroxylation is 1. The zero-order valence-electron chi connectivity index (χ0n) is 8.56. The minimum atomic E-state index is -0.0213. The number of thioether (sulfide) groups is 1. The molecule has 0 aliphatic rings. The highest BCUT2D eigenvalue weighted by molar-refractivity contribution is 7.99. The molecule has 4 nitrogen and oxygen atoms in total. The van der Waals surface area contributed by atoms with Gasteiger partial charge < -0.3 is 15.4 Å². The van der Waals surface area contributed by atoms with Crippen molar-refractivity contribution >= 4 is 17.4 Å². The summed E-state index contributed by atoms with van der Waals surface area (Å²) in [6, 6.07) is 3.09. The Morgan fingerprint density at radius 3 is 2.93 bits per heavy atom. The number of hydrogen-bond donors (Lipinski definition) is 2. The first-order valence-corrected chi connectivity index (χ1v) is 6.04. The van der Waals surface area contributed by atoms with E-state index in [1.54, 1.807) is 28.6 Å². The third-order valence-electron chi connectivity index (χ3n) is 1.93. The van der Waals surface area contributed by atoms with Gasteiger partial charge in [0.1, 0.15) is 0 Å². The molecule has 84 valence electrons. The summed E-state index contributed by atoms with van der Waals surface area (Å²) < 4.78 is 1.61. The minimum absolute atomic E-state index is 0.0213. The van der Waals surface area contributed by atoms with Crippen molar-refractivity contribution in [2.75, 3.05) is 23.8 Å². The van der Waals surface area contributed by atoms with Crippen molar-refractivity contribution in [3.8, 4) is 0 Å². The summed E-state index contributed by atoms with van der Waals surface area (Å²) in [5, 5.41) is 8.58. The van der Waals surface area contributed by atoms with Gasteiger partial charge in [0.15, 0.2) is 0 Å². The molecule has 1 aromatic heterocycles. The first-order chi connectivity index (χ1) is 7.24. The second-order valence-corrected chi connectivity index (χ2v) is 4.41. The third kappa shape index (κ3) is 4.40. The fourth-order valence-electron chi connectivity index (χ4n) is 1.16. The van der Waals surface area contributed by atoms with Crippen LogP contribution in [0.4, 0.5) is 5.69 Å². The molecule has 0 aromatic carbocycles. The number of pyridine rings is 1. The molecular weight excluding hydrogens is 212 g/mol. The fourth-order valence-corrected chi connectivity index (χ4v) is 2.02. The monoisotopic (exact) mass is 228 g/mol. The fraction of sp³-hybridized carbons (Fsp3) is 0.500. The summed E-state index contributed by atoms with van der Waals surface area (Å²) in [5.41, 5.74) is 6.16. The van der Waals surface area contributed by atoms with Gasteiger partial charge in [-0.05, 0) is 18.2 Å². The Hall–Kier alpha value is -0.940. The summed E-state index contributed by atoms with van der Waals surface area (Å²) in [5.74, 6) is 1.79. The van der Waals surface area contributed by atoms with Gasteiger partial charge in [-0.2, -0.15) is 11.8 Å². The van der Waals surface area contributed by atoms with Crippen LogP contribution in [0.1, 0.15) is 6.42 Å². The predicted octanol–water partition coefficient (Wildman–Crippen LogP) is 0.546. The minimum Gasteiger partial charge on any atom is -0.398 e. The number of hydrogen-bond acceptors (Lipinski definition) is 4. The number of rotatable bonds is 6. The molecule has 0 aliphatic carbocycles. The molecule has 3 N–H and O–H groups in total. The topological polar surface area (TPSA) is 68.2 Å². The average molecular weight is 228 g/mol. The molecule has 0 fully saturated rings. The van der Waals surface area contributed by atoms with E-state index in [0.717, 1.165) is 17.9 Å². The Morgan fingerprint density at radius 1 is 1.40 bits per heavy atom. The van der Waals surface area contributed by atoms with E-state index in [9.17, 15) is 4.79 Å². The molecule has 15 heavy (non-hydrogen) atoms. The van der Waals surface area contributed by atoms with E-state index in [4.69, 9.17) is 10.8 Å². The lowest BCUT2D eigenvalue weighted by Crippen LogP contribution is -2.20. The van der Waals surface area contributed by atoms with Gasteiger partial charge in [-0.1, -0.05) is 0 Å². The number of aliphatic hydroxyl groups is 1. The highest BCUT2D eigenvalue weighted by atomic mass is 32.2. The van der Waals surface area contributed by atoms with Gasteiger partial charge in [-0.15, -0.1) is 0 Å². The summed E-state index contributed by atoms with van der Waals surface area (Å²) in [7, 11) is 0. The first kappa shape index (κ1) is 12.1. The highest BCUT2D eigenvalue weighted by Crippen LogP contribution is 2.03. The molecular formula is C10H16N2O2S. The van der Waals surface area contributed by atoms with Crippen LogP contribution in [-0.4, -0.2) is 27.8 Å². The van der Waals surface area contributed by atoms with Crippen LogP contribution < -0.4 is 11.3 Å². The van der Waals surface area contributed by atoms with Crippen molar-refractivity contribution in [3.05, 3.63) is 28.7 Å². The maximum atomic E-state index is 11.3. The van der Waals surface area contributed by atoms with Crippen LogP contribution in [0.3, 0.4) is 0 Å². The van der Waals surface area contributed by atoms with E-state index < -0.39 is 0 Å². The van der Waals surface area contributed by atoms with Crippen LogP contribution in [0.25, 0.3) is 0 Å². The highest BCUT2D eigenvalue weighted by Gasteiger charge is 1.96. The van der Waals surface area contributed by atoms with Crippen molar-refractivity contribution < 1.29 is 5.11 Å². The molecule has 0 bridgehead atoms. The van der Waals surface area contributed by atoms with Gasteiger partial charge in [0.2, 0.25) is 0 Å². The lowest BCUT2D eigenvalue weighted by Gasteiger charge is -2.05. The maximum Gasteiger partial charge on any atom is 0.250 e. The van der Waals surface area contributed by atoms with E-state index in [0.29, 0.717) is 12.2 Å². The molecule has 0 amide bonds. The summed E-state index contributed by atoms with van der Waals surface area (Å²) in [4.78, 5) is 11.3.